The molecule has 4 nitrogen and oxygen atoms in total. The minimum Gasteiger partial charge on any atom is -0.497 e. The number of hydrogen-bond donors (Lipinski definition) is 1. The lowest BCUT2D eigenvalue weighted by atomic mass is 10.1. The SMILES string of the molecule is CCOc1c(Br)cc(Cl)cc1NC(=O)Cc1ccc(OC)cc1. The quantitative estimate of drug-likeness (QED) is 0.768. The lowest BCUT2D eigenvalue weighted by molar-refractivity contribution is -0.115. The third-order valence-electron chi connectivity index (χ3n) is 3.09. The van der Waals surface area contributed by atoms with Crippen molar-refractivity contribution >= 4 is 39.1 Å². The van der Waals surface area contributed by atoms with Gasteiger partial charge in [-0.15, -0.1) is 0 Å². The Hall–Kier alpha value is -1.72. The normalized spacial score (nSPS) is 10.3. The molecule has 0 aromatic heterocycles. The highest BCUT2D eigenvalue weighted by Gasteiger charge is 2.13. The number of amides is 1. The highest BCUT2D eigenvalue weighted by Crippen LogP contribution is 2.36. The fourth-order valence-corrected chi connectivity index (χ4v) is 2.99. The summed E-state index contributed by atoms with van der Waals surface area (Å²) in [5, 5.41) is 3.36. The summed E-state index contributed by atoms with van der Waals surface area (Å²) < 4.78 is 11.4. The van der Waals surface area contributed by atoms with Crippen LogP contribution < -0.4 is 14.8 Å². The predicted molar refractivity (Wildman–Crippen MR) is 95.6 cm³/mol. The Morgan fingerprint density at radius 2 is 1.96 bits per heavy atom. The summed E-state index contributed by atoms with van der Waals surface area (Å²) in [6.07, 6.45) is 0.250. The molecule has 0 heterocycles. The van der Waals surface area contributed by atoms with Crippen LogP contribution in [0.5, 0.6) is 11.5 Å². The Morgan fingerprint density at radius 1 is 1.26 bits per heavy atom. The van der Waals surface area contributed by atoms with Gasteiger partial charge in [-0.25, -0.2) is 0 Å². The number of anilines is 1. The fourth-order valence-electron chi connectivity index (χ4n) is 2.07. The second kappa shape index (κ2) is 8.22. The standard InChI is InChI=1S/C17H17BrClNO3/c1-3-23-17-14(18)9-12(19)10-15(17)20-16(21)8-11-4-6-13(22-2)7-5-11/h4-7,9-10H,3,8H2,1-2H3,(H,20,21). The van der Waals surface area contributed by atoms with E-state index in [0.717, 1.165) is 11.3 Å². The summed E-state index contributed by atoms with van der Waals surface area (Å²) in [6, 6.07) is 10.8. The summed E-state index contributed by atoms with van der Waals surface area (Å²) in [4.78, 5) is 12.3. The highest BCUT2D eigenvalue weighted by atomic mass is 79.9. The third-order valence-corrected chi connectivity index (χ3v) is 3.90. The van der Waals surface area contributed by atoms with E-state index < -0.39 is 0 Å². The predicted octanol–water partition coefficient (Wildman–Crippen LogP) is 4.69. The number of carbonyl (C=O) groups is 1. The molecule has 6 heteroatoms. The maximum absolute atomic E-state index is 12.3. The molecule has 0 fully saturated rings. The van der Waals surface area contributed by atoms with Gasteiger partial charge in [-0.3, -0.25) is 4.79 Å². The van der Waals surface area contributed by atoms with E-state index in [1.165, 1.54) is 0 Å². The molecule has 0 saturated carbocycles. The molecule has 2 aromatic carbocycles. The van der Waals surface area contributed by atoms with Crippen molar-refractivity contribution in [2.45, 2.75) is 13.3 Å². The Labute approximate surface area is 148 Å². The van der Waals surface area contributed by atoms with Gasteiger partial charge in [0.25, 0.3) is 0 Å². The zero-order valence-corrected chi connectivity index (χ0v) is 15.2. The minimum absolute atomic E-state index is 0.148. The number of halogens is 2. The highest BCUT2D eigenvalue weighted by molar-refractivity contribution is 9.10. The van der Waals surface area contributed by atoms with E-state index in [1.54, 1.807) is 19.2 Å². The molecule has 0 aliphatic rings. The maximum Gasteiger partial charge on any atom is 0.228 e. The van der Waals surface area contributed by atoms with E-state index >= 15 is 0 Å². The smallest absolute Gasteiger partial charge is 0.228 e. The number of methoxy groups -OCH3 is 1. The first-order valence-electron chi connectivity index (χ1n) is 7.08. The van der Waals surface area contributed by atoms with Crippen LogP contribution in [0, 0.1) is 0 Å². The lowest BCUT2D eigenvalue weighted by Gasteiger charge is -2.14. The first-order valence-corrected chi connectivity index (χ1v) is 8.25. The molecule has 0 aliphatic heterocycles. The van der Waals surface area contributed by atoms with E-state index in [9.17, 15) is 4.79 Å². The summed E-state index contributed by atoms with van der Waals surface area (Å²) in [5.41, 5.74) is 1.44. The third kappa shape index (κ3) is 4.88. The van der Waals surface area contributed by atoms with E-state index in [0.29, 0.717) is 27.5 Å². The Kier molecular flexibility index (Phi) is 6.30. The summed E-state index contributed by atoms with van der Waals surface area (Å²) in [7, 11) is 1.61. The van der Waals surface area contributed by atoms with Crippen molar-refractivity contribution in [1.29, 1.82) is 0 Å². The molecule has 0 aliphatic carbocycles. The topological polar surface area (TPSA) is 47.6 Å². The monoisotopic (exact) mass is 397 g/mol. The van der Waals surface area contributed by atoms with Crippen molar-refractivity contribution in [3.05, 3.63) is 51.5 Å². The molecular weight excluding hydrogens is 382 g/mol. The van der Waals surface area contributed by atoms with Crippen molar-refractivity contribution in [3.63, 3.8) is 0 Å². The molecule has 0 saturated heterocycles. The van der Waals surface area contributed by atoms with Crippen LogP contribution in [-0.4, -0.2) is 19.6 Å². The number of ether oxygens (including phenoxy) is 2. The minimum atomic E-state index is -0.148. The first kappa shape index (κ1) is 17.6. The molecule has 0 bridgehead atoms. The summed E-state index contributed by atoms with van der Waals surface area (Å²) >= 11 is 9.45. The van der Waals surface area contributed by atoms with Crippen molar-refractivity contribution in [3.8, 4) is 11.5 Å². The average Bonchev–Trinajstić information content (AvgIpc) is 2.51. The molecular formula is C17H17BrClNO3. The van der Waals surface area contributed by atoms with Gasteiger partial charge in [0.05, 0.1) is 30.3 Å². The number of nitrogens with one attached hydrogen (secondary N) is 1. The number of rotatable bonds is 6. The summed E-state index contributed by atoms with van der Waals surface area (Å²) in [5.74, 6) is 1.18. The van der Waals surface area contributed by atoms with Crippen LogP contribution >= 0.6 is 27.5 Å². The van der Waals surface area contributed by atoms with Crippen molar-refractivity contribution in [2.75, 3.05) is 19.0 Å². The molecule has 0 unspecified atom stereocenters. The van der Waals surface area contributed by atoms with Crippen LogP contribution in [0.3, 0.4) is 0 Å². The number of carbonyl (C=O) groups excluding carboxylic acids is 1. The van der Waals surface area contributed by atoms with E-state index in [2.05, 4.69) is 21.2 Å². The van der Waals surface area contributed by atoms with E-state index in [-0.39, 0.29) is 12.3 Å². The van der Waals surface area contributed by atoms with Gasteiger partial charge in [0.2, 0.25) is 5.91 Å². The molecule has 0 atom stereocenters. The van der Waals surface area contributed by atoms with Gasteiger partial charge in [0, 0.05) is 5.02 Å². The molecule has 2 rings (SSSR count). The van der Waals surface area contributed by atoms with Gasteiger partial charge in [-0.1, -0.05) is 23.7 Å². The molecule has 1 amide bonds. The molecule has 0 spiro atoms. The van der Waals surface area contributed by atoms with Gasteiger partial charge in [-0.05, 0) is 52.7 Å². The van der Waals surface area contributed by atoms with Crippen molar-refractivity contribution in [1.82, 2.24) is 0 Å². The summed E-state index contributed by atoms with van der Waals surface area (Å²) in [6.45, 7) is 2.37. The molecule has 23 heavy (non-hydrogen) atoms. The molecule has 2 aromatic rings. The van der Waals surface area contributed by atoms with Crippen LogP contribution in [0.2, 0.25) is 5.02 Å². The maximum atomic E-state index is 12.3. The zero-order valence-electron chi connectivity index (χ0n) is 12.9. The fraction of sp³-hybridized carbons (Fsp3) is 0.235. The second-order valence-electron chi connectivity index (χ2n) is 4.77. The van der Waals surface area contributed by atoms with Gasteiger partial charge >= 0.3 is 0 Å². The van der Waals surface area contributed by atoms with Crippen molar-refractivity contribution < 1.29 is 14.3 Å². The van der Waals surface area contributed by atoms with Crippen LogP contribution in [0.4, 0.5) is 5.69 Å². The molecule has 122 valence electrons. The van der Waals surface area contributed by atoms with Crippen molar-refractivity contribution in [2.24, 2.45) is 0 Å². The zero-order chi connectivity index (χ0) is 16.8. The van der Waals surface area contributed by atoms with E-state index in [1.807, 2.05) is 31.2 Å². The Bertz CT molecular complexity index is 689. The largest absolute Gasteiger partial charge is 0.497 e. The van der Waals surface area contributed by atoms with Crippen LogP contribution in [0.1, 0.15) is 12.5 Å². The van der Waals surface area contributed by atoms with Gasteiger partial charge in [0.1, 0.15) is 5.75 Å². The molecule has 1 N–H and O–H groups in total. The molecule has 0 radical (unpaired) electrons. The van der Waals surface area contributed by atoms with Crippen LogP contribution in [0.15, 0.2) is 40.9 Å². The van der Waals surface area contributed by atoms with Gasteiger partial charge in [0.15, 0.2) is 5.75 Å². The second-order valence-corrected chi connectivity index (χ2v) is 6.06. The van der Waals surface area contributed by atoms with Gasteiger partial charge < -0.3 is 14.8 Å². The van der Waals surface area contributed by atoms with Gasteiger partial charge in [-0.2, -0.15) is 0 Å². The Balaban J connectivity index is 2.12. The van der Waals surface area contributed by atoms with E-state index in [4.69, 9.17) is 21.1 Å². The first-order chi connectivity index (χ1) is 11.0. The average molecular weight is 399 g/mol. The van der Waals surface area contributed by atoms with Crippen LogP contribution in [0.25, 0.3) is 0 Å². The lowest BCUT2D eigenvalue weighted by Crippen LogP contribution is -2.15. The Morgan fingerprint density at radius 3 is 2.57 bits per heavy atom. The number of benzene rings is 2. The number of hydrogen-bond acceptors (Lipinski definition) is 3. The van der Waals surface area contributed by atoms with Crippen LogP contribution in [-0.2, 0) is 11.2 Å².